The molecule has 0 aliphatic heterocycles. The quantitative estimate of drug-likeness (QED) is 0.362. The summed E-state index contributed by atoms with van der Waals surface area (Å²) in [4.78, 5) is 9.96. The summed E-state index contributed by atoms with van der Waals surface area (Å²) in [7, 11) is 0. The van der Waals surface area contributed by atoms with E-state index in [1.54, 1.807) is 6.08 Å². The van der Waals surface area contributed by atoms with Gasteiger partial charge in [0.1, 0.15) is 6.04 Å². The summed E-state index contributed by atoms with van der Waals surface area (Å²) in [5.41, 5.74) is 3.62. The molecular weight excluding hydrogens is 158 g/mol. The third-order valence-corrected chi connectivity index (χ3v) is 1.39. The predicted octanol–water partition coefficient (Wildman–Crippen LogP) is -1.93. The van der Waals surface area contributed by atoms with Gasteiger partial charge in [-0.05, 0) is 25.3 Å². The standard InChI is InChI=1S/C8H15NO3/c9-7(6-10)4-2-1-3-5-8(11)12/h2,4,7,10H,1,3,5-6,9H2,(H,11,12)/b4-2-. The number of rotatable bonds is 6. The van der Waals surface area contributed by atoms with Crippen LogP contribution in [0.25, 0.3) is 0 Å². The first kappa shape index (κ1) is 11.1. The Bertz CT molecular complexity index is 156. The SMILES string of the molecule is [NH3+]C(/C=C\CCCC(=O)[O-])CO. The van der Waals surface area contributed by atoms with Crippen LogP contribution in [0.15, 0.2) is 12.2 Å². The average molecular weight is 173 g/mol. The van der Waals surface area contributed by atoms with Gasteiger partial charge < -0.3 is 20.7 Å². The maximum Gasteiger partial charge on any atom is 0.126 e. The smallest absolute Gasteiger partial charge is 0.126 e. The maximum absolute atomic E-state index is 9.96. The second-order valence-electron chi connectivity index (χ2n) is 2.64. The maximum atomic E-state index is 9.96. The van der Waals surface area contributed by atoms with E-state index in [1.165, 1.54) is 0 Å². The van der Waals surface area contributed by atoms with Gasteiger partial charge in [0.05, 0.1) is 6.61 Å². The van der Waals surface area contributed by atoms with Crippen molar-refractivity contribution in [3.8, 4) is 0 Å². The number of aliphatic hydroxyl groups excluding tert-OH is 1. The minimum absolute atomic E-state index is 0.0248. The summed E-state index contributed by atoms with van der Waals surface area (Å²) < 4.78 is 0. The van der Waals surface area contributed by atoms with Crippen molar-refractivity contribution in [2.45, 2.75) is 25.3 Å². The van der Waals surface area contributed by atoms with Crippen molar-refractivity contribution in [2.24, 2.45) is 0 Å². The molecule has 0 heterocycles. The van der Waals surface area contributed by atoms with Crippen LogP contribution in [0.5, 0.6) is 0 Å². The van der Waals surface area contributed by atoms with Crippen LogP contribution in [0.3, 0.4) is 0 Å². The van der Waals surface area contributed by atoms with E-state index in [2.05, 4.69) is 5.73 Å². The monoisotopic (exact) mass is 173 g/mol. The largest absolute Gasteiger partial charge is 0.550 e. The van der Waals surface area contributed by atoms with E-state index in [0.717, 1.165) is 0 Å². The van der Waals surface area contributed by atoms with Crippen LogP contribution in [0.1, 0.15) is 19.3 Å². The number of unbranched alkanes of at least 4 members (excludes halogenated alkanes) is 1. The molecule has 0 rings (SSSR count). The van der Waals surface area contributed by atoms with Gasteiger partial charge in [-0.1, -0.05) is 6.08 Å². The van der Waals surface area contributed by atoms with Crippen LogP contribution in [-0.4, -0.2) is 23.7 Å². The number of hydrogen-bond donors (Lipinski definition) is 2. The number of carbonyl (C=O) groups excluding carboxylic acids is 1. The number of quaternary nitrogens is 1. The van der Waals surface area contributed by atoms with E-state index < -0.39 is 5.97 Å². The number of carboxylic acid groups (broad SMARTS) is 1. The van der Waals surface area contributed by atoms with Gasteiger partial charge in [-0.15, -0.1) is 0 Å². The first-order chi connectivity index (χ1) is 5.66. The fourth-order valence-corrected chi connectivity index (χ4v) is 0.714. The van der Waals surface area contributed by atoms with Gasteiger partial charge >= 0.3 is 0 Å². The van der Waals surface area contributed by atoms with Crippen LogP contribution in [0, 0.1) is 0 Å². The number of allylic oxidation sites excluding steroid dienone is 1. The predicted molar refractivity (Wildman–Crippen MR) is 41.8 cm³/mol. The summed E-state index contributed by atoms with van der Waals surface area (Å²) in [6, 6.07) is -0.0899. The highest BCUT2D eigenvalue weighted by Crippen LogP contribution is 1.95. The Balaban J connectivity index is 3.30. The highest BCUT2D eigenvalue weighted by Gasteiger charge is 1.94. The third-order valence-electron chi connectivity index (χ3n) is 1.39. The molecule has 0 aromatic carbocycles. The van der Waals surface area contributed by atoms with Gasteiger partial charge in [0.2, 0.25) is 0 Å². The summed E-state index contributed by atoms with van der Waals surface area (Å²) in [5, 5.41) is 18.5. The van der Waals surface area contributed by atoms with E-state index in [0.29, 0.717) is 12.8 Å². The van der Waals surface area contributed by atoms with Crippen molar-refractivity contribution in [1.29, 1.82) is 0 Å². The lowest BCUT2D eigenvalue weighted by molar-refractivity contribution is -0.408. The highest BCUT2D eigenvalue weighted by molar-refractivity contribution is 5.64. The second-order valence-corrected chi connectivity index (χ2v) is 2.64. The van der Waals surface area contributed by atoms with Gasteiger partial charge in [-0.2, -0.15) is 0 Å². The Morgan fingerprint density at radius 2 is 2.33 bits per heavy atom. The molecule has 0 aromatic heterocycles. The zero-order valence-electron chi connectivity index (χ0n) is 7.03. The van der Waals surface area contributed by atoms with Crippen molar-refractivity contribution < 1.29 is 20.7 Å². The first-order valence-corrected chi connectivity index (χ1v) is 3.97. The van der Waals surface area contributed by atoms with Crippen molar-refractivity contribution in [2.75, 3.05) is 6.61 Å². The molecule has 0 spiro atoms. The molecule has 12 heavy (non-hydrogen) atoms. The molecular formula is C8H15NO3. The molecule has 0 saturated heterocycles. The third kappa shape index (κ3) is 7.24. The molecule has 1 atom stereocenters. The van der Waals surface area contributed by atoms with Crippen LogP contribution < -0.4 is 10.8 Å². The van der Waals surface area contributed by atoms with Crippen molar-refractivity contribution in [3.05, 3.63) is 12.2 Å². The van der Waals surface area contributed by atoms with E-state index in [1.807, 2.05) is 6.08 Å². The molecule has 0 saturated carbocycles. The number of carbonyl (C=O) groups is 1. The van der Waals surface area contributed by atoms with E-state index in [9.17, 15) is 9.90 Å². The van der Waals surface area contributed by atoms with Crippen LogP contribution in [0.4, 0.5) is 0 Å². The van der Waals surface area contributed by atoms with Crippen LogP contribution in [0.2, 0.25) is 0 Å². The lowest BCUT2D eigenvalue weighted by Crippen LogP contribution is -2.61. The summed E-state index contributed by atoms with van der Waals surface area (Å²) in [6.45, 7) is 0.0248. The average Bonchev–Trinajstić information content (AvgIpc) is 2.03. The lowest BCUT2D eigenvalue weighted by atomic mass is 10.2. The Labute approximate surface area is 71.7 Å². The number of hydrogen-bond acceptors (Lipinski definition) is 3. The summed E-state index contributed by atoms with van der Waals surface area (Å²) >= 11 is 0. The Morgan fingerprint density at radius 3 is 2.83 bits per heavy atom. The van der Waals surface area contributed by atoms with Crippen molar-refractivity contribution in [1.82, 2.24) is 0 Å². The molecule has 4 heteroatoms. The molecule has 4 N–H and O–H groups in total. The fourth-order valence-electron chi connectivity index (χ4n) is 0.714. The van der Waals surface area contributed by atoms with Gasteiger partial charge in [-0.25, -0.2) is 0 Å². The van der Waals surface area contributed by atoms with E-state index >= 15 is 0 Å². The minimum Gasteiger partial charge on any atom is -0.550 e. The highest BCUT2D eigenvalue weighted by atomic mass is 16.4. The molecule has 70 valence electrons. The van der Waals surface area contributed by atoms with Crippen molar-refractivity contribution in [3.63, 3.8) is 0 Å². The zero-order chi connectivity index (χ0) is 9.40. The van der Waals surface area contributed by atoms with E-state index in [4.69, 9.17) is 5.11 Å². The van der Waals surface area contributed by atoms with E-state index in [-0.39, 0.29) is 19.1 Å². The summed E-state index contributed by atoms with van der Waals surface area (Å²) in [6.07, 6.45) is 4.97. The second kappa shape index (κ2) is 6.82. The zero-order valence-corrected chi connectivity index (χ0v) is 7.03. The normalized spacial score (nSPS) is 13.5. The number of aliphatic carboxylic acids is 1. The fraction of sp³-hybridized carbons (Fsp3) is 0.625. The summed E-state index contributed by atoms with van der Waals surface area (Å²) in [5.74, 6) is -1.02. The topological polar surface area (TPSA) is 88.0 Å². The first-order valence-electron chi connectivity index (χ1n) is 3.97. The molecule has 0 aromatic rings. The van der Waals surface area contributed by atoms with Crippen LogP contribution in [-0.2, 0) is 4.79 Å². The molecule has 0 fully saturated rings. The lowest BCUT2D eigenvalue weighted by Gasteiger charge is -1.98. The van der Waals surface area contributed by atoms with Crippen molar-refractivity contribution >= 4 is 5.97 Å². The van der Waals surface area contributed by atoms with Crippen LogP contribution >= 0.6 is 0 Å². The van der Waals surface area contributed by atoms with Gasteiger partial charge in [0.25, 0.3) is 0 Å². The molecule has 0 aliphatic carbocycles. The number of aliphatic hydroxyl groups is 1. The number of carboxylic acids is 1. The Hall–Kier alpha value is -0.870. The van der Waals surface area contributed by atoms with Gasteiger partial charge in [-0.3, -0.25) is 0 Å². The molecule has 4 nitrogen and oxygen atoms in total. The Morgan fingerprint density at radius 1 is 1.67 bits per heavy atom. The van der Waals surface area contributed by atoms with Gasteiger partial charge in [0.15, 0.2) is 0 Å². The molecule has 1 unspecified atom stereocenters. The molecule has 0 amide bonds. The molecule has 0 aliphatic rings. The Kier molecular flexibility index (Phi) is 6.32. The van der Waals surface area contributed by atoms with Gasteiger partial charge in [0, 0.05) is 5.97 Å². The molecule has 0 bridgehead atoms. The molecule has 0 radical (unpaired) electrons. The minimum atomic E-state index is -1.02.